The van der Waals surface area contributed by atoms with Crippen LogP contribution in [0.25, 0.3) is 0 Å². The lowest BCUT2D eigenvalue weighted by atomic mass is 10.1. The summed E-state index contributed by atoms with van der Waals surface area (Å²) in [7, 11) is 0. The van der Waals surface area contributed by atoms with Crippen LogP contribution in [0.3, 0.4) is 0 Å². The molecule has 1 saturated heterocycles. The van der Waals surface area contributed by atoms with Crippen LogP contribution in [0.5, 0.6) is 0 Å². The average molecular weight is 271 g/mol. The molecule has 1 atom stereocenters. The molecule has 98 valence electrons. The first-order valence-electron chi connectivity index (χ1n) is 6.67. The SMILES string of the molecule is Cc1cccc(C(=O)N2CCCC2c2cccs2)c1. The van der Waals surface area contributed by atoms with E-state index in [1.807, 2.05) is 36.1 Å². The Kier molecular flexibility index (Phi) is 3.38. The first-order valence-corrected chi connectivity index (χ1v) is 7.55. The zero-order valence-electron chi connectivity index (χ0n) is 11.0. The van der Waals surface area contributed by atoms with Crippen LogP contribution in [0.4, 0.5) is 0 Å². The number of carbonyl (C=O) groups excluding carboxylic acids is 1. The van der Waals surface area contributed by atoms with E-state index < -0.39 is 0 Å². The molecule has 1 aliphatic rings. The molecule has 1 aromatic carbocycles. The molecule has 0 saturated carbocycles. The first kappa shape index (κ1) is 12.4. The van der Waals surface area contributed by atoms with Gasteiger partial charge >= 0.3 is 0 Å². The van der Waals surface area contributed by atoms with Crippen molar-refractivity contribution in [3.8, 4) is 0 Å². The maximum absolute atomic E-state index is 12.6. The second kappa shape index (κ2) is 5.17. The number of aryl methyl sites for hydroxylation is 1. The van der Waals surface area contributed by atoms with Gasteiger partial charge in [0.1, 0.15) is 0 Å². The van der Waals surface area contributed by atoms with E-state index in [1.54, 1.807) is 11.3 Å². The maximum atomic E-state index is 12.6. The van der Waals surface area contributed by atoms with E-state index in [2.05, 4.69) is 17.5 Å². The van der Waals surface area contributed by atoms with Gasteiger partial charge in [0, 0.05) is 17.0 Å². The Labute approximate surface area is 117 Å². The largest absolute Gasteiger partial charge is 0.331 e. The van der Waals surface area contributed by atoms with E-state index in [4.69, 9.17) is 0 Å². The molecule has 0 bridgehead atoms. The predicted molar refractivity (Wildman–Crippen MR) is 78.5 cm³/mol. The number of rotatable bonds is 2. The molecule has 2 aromatic rings. The second-order valence-corrected chi connectivity index (χ2v) is 6.02. The van der Waals surface area contributed by atoms with Gasteiger partial charge in [0.05, 0.1) is 6.04 Å². The lowest BCUT2D eigenvalue weighted by Crippen LogP contribution is -2.30. The number of hydrogen-bond acceptors (Lipinski definition) is 2. The minimum Gasteiger partial charge on any atom is -0.331 e. The summed E-state index contributed by atoms with van der Waals surface area (Å²) in [5.74, 6) is 0.166. The van der Waals surface area contributed by atoms with Gasteiger partial charge in [-0.2, -0.15) is 0 Å². The zero-order valence-corrected chi connectivity index (χ0v) is 11.8. The summed E-state index contributed by atoms with van der Waals surface area (Å²) in [6, 6.07) is 12.3. The van der Waals surface area contributed by atoms with Gasteiger partial charge in [-0.05, 0) is 43.3 Å². The van der Waals surface area contributed by atoms with E-state index in [0.29, 0.717) is 0 Å². The Morgan fingerprint density at radius 1 is 1.32 bits per heavy atom. The van der Waals surface area contributed by atoms with Crippen LogP contribution < -0.4 is 0 Å². The highest BCUT2D eigenvalue weighted by molar-refractivity contribution is 7.10. The summed E-state index contributed by atoms with van der Waals surface area (Å²) < 4.78 is 0. The van der Waals surface area contributed by atoms with E-state index in [0.717, 1.165) is 30.5 Å². The highest BCUT2D eigenvalue weighted by atomic mass is 32.1. The molecule has 19 heavy (non-hydrogen) atoms. The Morgan fingerprint density at radius 2 is 2.21 bits per heavy atom. The van der Waals surface area contributed by atoms with Crippen LogP contribution in [0.15, 0.2) is 41.8 Å². The van der Waals surface area contributed by atoms with Crippen molar-refractivity contribution in [3.05, 3.63) is 57.8 Å². The minimum atomic E-state index is 0.166. The van der Waals surface area contributed by atoms with Gasteiger partial charge in [0.15, 0.2) is 0 Å². The molecule has 0 aliphatic carbocycles. The molecular formula is C16H17NOS. The van der Waals surface area contributed by atoms with Crippen molar-refractivity contribution < 1.29 is 4.79 Å². The summed E-state index contributed by atoms with van der Waals surface area (Å²) in [5, 5.41) is 2.09. The van der Waals surface area contributed by atoms with Gasteiger partial charge < -0.3 is 4.90 Å². The Morgan fingerprint density at radius 3 is 2.95 bits per heavy atom. The molecule has 2 heterocycles. The summed E-state index contributed by atoms with van der Waals surface area (Å²) >= 11 is 1.75. The van der Waals surface area contributed by atoms with Crippen molar-refractivity contribution in [1.29, 1.82) is 0 Å². The van der Waals surface area contributed by atoms with E-state index in [9.17, 15) is 4.79 Å². The summed E-state index contributed by atoms with van der Waals surface area (Å²) in [6.07, 6.45) is 2.18. The van der Waals surface area contributed by atoms with E-state index in [-0.39, 0.29) is 11.9 Å². The molecule has 3 rings (SSSR count). The number of thiophene rings is 1. The monoisotopic (exact) mass is 271 g/mol. The highest BCUT2D eigenvalue weighted by Gasteiger charge is 2.31. The maximum Gasteiger partial charge on any atom is 0.254 e. The minimum absolute atomic E-state index is 0.166. The molecular weight excluding hydrogens is 254 g/mol. The number of hydrogen-bond donors (Lipinski definition) is 0. The normalized spacial score (nSPS) is 18.8. The molecule has 3 heteroatoms. The molecule has 1 fully saturated rings. The van der Waals surface area contributed by atoms with Crippen LogP contribution in [0.2, 0.25) is 0 Å². The Balaban J connectivity index is 1.87. The Bertz CT molecular complexity index is 576. The third-order valence-corrected chi connectivity index (χ3v) is 4.62. The predicted octanol–water partition coefficient (Wildman–Crippen LogP) is 4.03. The van der Waals surface area contributed by atoms with Crippen LogP contribution in [-0.4, -0.2) is 17.4 Å². The van der Waals surface area contributed by atoms with Gasteiger partial charge in [-0.1, -0.05) is 23.8 Å². The molecule has 1 unspecified atom stereocenters. The van der Waals surface area contributed by atoms with Gasteiger partial charge in [-0.25, -0.2) is 0 Å². The molecule has 1 aliphatic heterocycles. The fourth-order valence-corrected chi connectivity index (χ4v) is 3.60. The summed E-state index contributed by atoms with van der Waals surface area (Å²) in [6.45, 7) is 2.90. The molecule has 0 radical (unpaired) electrons. The number of amides is 1. The van der Waals surface area contributed by atoms with E-state index in [1.165, 1.54) is 4.88 Å². The number of likely N-dealkylation sites (tertiary alicyclic amines) is 1. The standard InChI is InChI=1S/C16H17NOS/c1-12-5-2-6-13(11-12)16(18)17-9-3-7-14(17)15-8-4-10-19-15/h2,4-6,8,10-11,14H,3,7,9H2,1H3. The van der Waals surface area contributed by atoms with Gasteiger partial charge in [-0.15, -0.1) is 11.3 Å². The molecule has 0 N–H and O–H groups in total. The van der Waals surface area contributed by atoms with Gasteiger partial charge in [0.25, 0.3) is 5.91 Å². The number of carbonyl (C=O) groups is 1. The lowest BCUT2D eigenvalue weighted by molar-refractivity contribution is 0.0738. The van der Waals surface area contributed by atoms with Crippen molar-refractivity contribution in [2.45, 2.75) is 25.8 Å². The summed E-state index contributed by atoms with van der Waals surface area (Å²) in [5.41, 5.74) is 1.95. The molecule has 1 amide bonds. The second-order valence-electron chi connectivity index (χ2n) is 5.04. The highest BCUT2D eigenvalue weighted by Crippen LogP contribution is 2.35. The Hall–Kier alpha value is -1.61. The fraction of sp³-hybridized carbons (Fsp3) is 0.312. The third-order valence-electron chi connectivity index (χ3n) is 3.65. The molecule has 0 spiro atoms. The lowest BCUT2D eigenvalue weighted by Gasteiger charge is -2.24. The third kappa shape index (κ3) is 2.43. The van der Waals surface area contributed by atoms with Crippen molar-refractivity contribution in [2.75, 3.05) is 6.54 Å². The van der Waals surface area contributed by atoms with E-state index >= 15 is 0 Å². The number of benzene rings is 1. The van der Waals surface area contributed by atoms with Crippen LogP contribution in [-0.2, 0) is 0 Å². The quantitative estimate of drug-likeness (QED) is 0.807. The average Bonchev–Trinajstić information content (AvgIpc) is 3.08. The molecule has 1 aromatic heterocycles. The van der Waals surface area contributed by atoms with Crippen LogP contribution >= 0.6 is 11.3 Å². The van der Waals surface area contributed by atoms with Gasteiger partial charge in [-0.3, -0.25) is 4.79 Å². The topological polar surface area (TPSA) is 20.3 Å². The van der Waals surface area contributed by atoms with Crippen molar-refractivity contribution in [3.63, 3.8) is 0 Å². The smallest absolute Gasteiger partial charge is 0.254 e. The van der Waals surface area contributed by atoms with Crippen LogP contribution in [0.1, 0.15) is 39.7 Å². The van der Waals surface area contributed by atoms with Crippen molar-refractivity contribution in [1.82, 2.24) is 4.90 Å². The fourth-order valence-electron chi connectivity index (χ4n) is 2.73. The van der Waals surface area contributed by atoms with Crippen molar-refractivity contribution in [2.24, 2.45) is 0 Å². The van der Waals surface area contributed by atoms with Gasteiger partial charge in [0.2, 0.25) is 0 Å². The number of nitrogens with zero attached hydrogens (tertiary/aromatic N) is 1. The molecule has 2 nitrogen and oxygen atoms in total. The summed E-state index contributed by atoms with van der Waals surface area (Å²) in [4.78, 5) is 16.0. The first-order chi connectivity index (χ1) is 9.25. The van der Waals surface area contributed by atoms with Crippen molar-refractivity contribution >= 4 is 17.2 Å². The zero-order chi connectivity index (χ0) is 13.2. The van der Waals surface area contributed by atoms with Crippen LogP contribution in [0, 0.1) is 6.92 Å².